The van der Waals surface area contributed by atoms with Crippen molar-refractivity contribution in [1.29, 1.82) is 0 Å². The number of amides is 1. The van der Waals surface area contributed by atoms with Crippen molar-refractivity contribution in [2.24, 2.45) is 11.8 Å². The normalized spacial score (nSPS) is 24.8. The molecule has 1 aromatic rings. The van der Waals surface area contributed by atoms with E-state index >= 15 is 0 Å². The van der Waals surface area contributed by atoms with E-state index in [1.165, 1.54) is 0 Å². The van der Waals surface area contributed by atoms with Crippen molar-refractivity contribution in [3.8, 4) is 0 Å². The minimum Gasteiger partial charge on any atom is -0.338 e. The SMILES string of the molecule is CC1CCN(C(=O)c2cnccc2Cl)CC1C. The van der Waals surface area contributed by atoms with E-state index in [4.69, 9.17) is 11.6 Å². The highest BCUT2D eigenvalue weighted by molar-refractivity contribution is 6.33. The maximum Gasteiger partial charge on any atom is 0.256 e. The number of hydrogen-bond donors (Lipinski definition) is 0. The number of nitrogens with zero attached hydrogens (tertiary/aromatic N) is 2. The average Bonchev–Trinajstić information content (AvgIpc) is 2.32. The molecule has 1 aliphatic rings. The van der Waals surface area contributed by atoms with Gasteiger partial charge in [0.15, 0.2) is 0 Å². The van der Waals surface area contributed by atoms with E-state index in [1.54, 1.807) is 18.5 Å². The highest BCUT2D eigenvalue weighted by Crippen LogP contribution is 2.25. The number of pyridine rings is 1. The maximum atomic E-state index is 12.3. The average molecular weight is 253 g/mol. The van der Waals surface area contributed by atoms with E-state index < -0.39 is 0 Å². The zero-order chi connectivity index (χ0) is 12.4. The van der Waals surface area contributed by atoms with E-state index in [0.717, 1.165) is 19.5 Å². The lowest BCUT2D eigenvalue weighted by Crippen LogP contribution is -2.42. The fourth-order valence-corrected chi connectivity index (χ4v) is 2.34. The van der Waals surface area contributed by atoms with Crippen LogP contribution in [-0.4, -0.2) is 28.9 Å². The molecule has 1 saturated heterocycles. The Hall–Kier alpha value is -1.09. The molecule has 17 heavy (non-hydrogen) atoms. The number of carbonyl (C=O) groups is 1. The number of aromatic nitrogens is 1. The van der Waals surface area contributed by atoms with Crippen molar-refractivity contribution in [2.45, 2.75) is 20.3 Å². The lowest BCUT2D eigenvalue weighted by molar-refractivity contribution is 0.0627. The van der Waals surface area contributed by atoms with Crippen LogP contribution in [0.5, 0.6) is 0 Å². The predicted octanol–water partition coefficient (Wildman–Crippen LogP) is 2.85. The second-order valence-corrected chi connectivity index (χ2v) is 5.26. The molecule has 1 aliphatic heterocycles. The summed E-state index contributed by atoms with van der Waals surface area (Å²) in [6.45, 7) is 6.05. The van der Waals surface area contributed by atoms with Gasteiger partial charge in [0, 0.05) is 25.5 Å². The Labute approximate surface area is 107 Å². The first-order valence-corrected chi connectivity index (χ1v) is 6.36. The van der Waals surface area contributed by atoms with Crippen LogP contribution >= 0.6 is 11.6 Å². The topological polar surface area (TPSA) is 33.2 Å². The lowest BCUT2D eigenvalue weighted by atomic mass is 9.88. The first-order chi connectivity index (χ1) is 8.09. The molecule has 2 rings (SSSR count). The second kappa shape index (κ2) is 5.05. The predicted molar refractivity (Wildman–Crippen MR) is 68.1 cm³/mol. The molecule has 0 bridgehead atoms. The summed E-state index contributed by atoms with van der Waals surface area (Å²) >= 11 is 6.02. The van der Waals surface area contributed by atoms with E-state index in [-0.39, 0.29) is 5.91 Å². The van der Waals surface area contributed by atoms with Gasteiger partial charge < -0.3 is 4.90 Å². The molecule has 0 saturated carbocycles. The van der Waals surface area contributed by atoms with Crippen molar-refractivity contribution >= 4 is 17.5 Å². The number of likely N-dealkylation sites (tertiary alicyclic amines) is 1. The molecular formula is C13H17ClN2O. The number of piperidine rings is 1. The molecule has 2 heterocycles. The molecule has 0 aromatic carbocycles. The Morgan fingerprint density at radius 1 is 1.47 bits per heavy atom. The summed E-state index contributed by atoms with van der Waals surface area (Å²) in [6, 6.07) is 1.66. The quantitative estimate of drug-likeness (QED) is 0.770. The van der Waals surface area contributed by atoms with E-state index in [2.05, 4.69) is 18.8 Å². The van der Waals surface area contributed by atoms with Gasteiger partial charge in [0.2, 0.25) is 0 Å². The zero-order valence-electron chi connectivity index (χ0n) is 10.2. The molecule has 1 amide bonds. The van der Waals surface area contributed by atoms with Gasteiger partial charge in [-0.25, -0.2) is 0 Å². The van der Waals surface area contributed by atoms with Crippen LogP contribution < -0.4 is 0 Å². The van der Waals surface area contributed by atoms with E-state index in [1.807, 2.05) is 4.90 Å². The van der Waals surface area contributed by atoms with Crippen LogP contribution in [0.25, 0.3) is 0 Å². The highest BCUT2D eigenvalue weighted by Gasteiger charge is 2.27. The molecule has 1 fully saturated rings. The second-order valence-electron chi connectivity index (χ2n) is 4.85. The van der Waals surface area contributed by atoms with Crippen LogP contribution in [0.1, 0.15) is 30.6 Å². The van der Waals surface area contributed by atoms with E-state index in [0.29, 0.717) is 22.4 Å². The Morgan fingerprint density at radius 3 is 2.88 bits per heavy atom. The molecule has 2 atom stereocenters. The molecule has 0 N–H and O–H groups in total. The number of halogens is 1. The van der Waals surface area contributed by atoms with Gasteiger partial charge in [-0.2, -0.15) is 0 Å². The number of hydrogen-bond acceptors (Lipinski definition) is 2. The molecule has 3 nitrogen and oxygen atoms in total. The number of carbonyl (C=O) groups excluding carboxylic acids is 1. The maximum absolute atomic E-state index is 12.3. The van der Waals surface area contributed by atoms with Crippen LogP contribution in [0.2, 0.25) is 5.02 Å². The monoisotopic (exact) mass is 252 g/mol. The van der Waals surface area contributed by atoms with Crippen molar-refractivity contribution in [1.82, 2.24) is 9.88 Å². The molecule has 4 heteroatoms. The van der Waals surface area contributed by atoms with Crippen LogP contribution in [0.15, 0.2) is 18.5 Å². The fourth-order valence-electron chi connectivity index (χ4n) is 2.15. The van der Waals surface area contributed by atoms with E-state index in [9.17, 15) is 4.79 Å². The molecule has 92 valence electrons. The smallest absolute Gasteiger partial charge is 0.256 e. The summed E-state index contributed by atoms with van der Waals surface area (Å²) in [7, 11) is 0. The van der Waals surface area contributed by atoms with Crippen molar-refractivity contribution in [2.75, 3.05) is 13.1 Å². The first-order valence-electron chi connectivity index (χ1n) is 5.98. The molecule has 0 aliphatic carbocycles. The van der Waals surface area contributed by atoms with Gasteiger partial charge in [-0.15, -0.1) is 0 Å². The molecular weight excluding hydrogens is 236 g/mol. The Bertz CT molecular complexity index is 422. The zero-order valence-corrected chi connectivity index (χ0v) is 10.9. The summed E-state index contributed by atoms with van der Waals surface area (Å²) in [5.41, 5.74) is 0.510. The van der Waals surface area contributed by atoms with Gasteiger partial charge in [-0.3, -0.25) is 9.78 Å². The summed E-state index contributed by atoms with van der Waals surface area (Å²) in [6.07, 6.45) is 4.21. The van der Waals surface area contributed by atoms with Crippen molar-refractivity contribution in [3.63, 3.8) is 0 Å². The Balaban J connectivity index is 2.14. The molecule has 2 unspecified atom stereocenters. The third-order valence-corrected chi connectivity index (χ3v) is 3.95. The first kappa shape index (κ1) is 12.4. The van der Waals surface area contributed by atoms with Gasteiger partial charge in [-0.1, -0.05) is 25.4 Å². The van der Waals surface area contributed by atoms with Crippen LogP contribution in [-0.2, 0) is 0 Å². The van der Waals surface area contributed by atoms with Gasteiger partial charge in [0.05, 0.1) is 10.6 Å². The van der Waals surface area contributed by atoms with Gasteiger partial charge in [-0.05, 0) is 24.3 Å². The van der Waals surface area contributed by atoms with Gasteiger partial charge >= 0.3 is 0 Å². The highest BCUT2D eigenvalue weighted by atomic mass is 35.5. The van der Waals surface area contributed by atoms with Crippen LogP contribution in [0.3, 0.4) is 0 Å². The Morgan fingerprint density at radius 2 is 2.24 bits per heavy atom. The van der Waals surface area contributed by atoms with Crippen LogP contribution in [0.4, 0.5) is 0 Å². The fraction of sp³-hybridized carbons (Fsp3) is 0.538. The van der Waals surface area contributed by atoms with Gasteiger partial charge in [0.1, 0.15) is 0 Å². The van der Waals surface area contributed by atoms with Crippen molar-refractivity contribution < 1.29 is 4.79 Å². The lowest BCUT2D eigenvalue weighted by Gasteiger charge is -2.35. The minimum atomic E-state index is 0.00171. The Kier molecular flexibility index (Phi) is 3.67. The molecule has 0 spiro atoms. The summed E-state index contributed by atoms with van der Waals surface area (Å²) in [4.78, 5) is 18.1. The molecule has 0 radical (unpaired) electrons. The summed E-state index contributed by atoms with van der Waals surface area (Å²) in [5, 5.41) is 0.483. The number of rotatable bonds is 1. The standard InChI is InChI=1S/C13H17ClN2O/c1-9-4-6-16(8-10(9)2)13(17)11-7-15-5-3-12(11)14/h3,5,7,9-10H,4,6,8H2,1-2H3. The summed E-state index contributed by atoms with van der Waals surface area (Å²) in [5.74, 6) is 1.23. The summed E-state index contributed by atoms with van der Waals surface area (Å²) < 4.78 is 0. The largest absolute Gasteiger partial charge is 0.338 e. The molecule has 1 aromatic heterocycles. The third-order valence-electron chi connectivity index (χ3n) is 3.62. The van der Waals surface area contributed by atoms with Crippen LogP contribution in [0, 0.1) is 11.8 Å². The third kappa shape index (κ3) is 2.60. The minimum absolute atomic E-state index is 0.00171. The van der Waals surface area contributed by atoms with Crippen molar-refractivity contribution in [3.05, 3.63) is 29.0 Å². The van der Waals surface area contributed by atoms with Gasteiger partial charge in [0.25, 0.3) is 5.91 Å².